The summed E-state index contributed by atoms with van der Waals surface area (Å²) in [5.41, 5.74) is 4.60. The number of ether oxygens (including phenoxy) is 8. The zero-order chi connectivity index (χ0) is 42.2. The quantitative estimate of drug-likeness (QED) is 0.0867. The van der Waals surface area contributed by atoms with Gasteiger partial charge in [-0.25, -0.2) is 0 Å². The van der Waals surface area contributed by atoms with Gasteiger partial charge in [0.05, 0.1) is 46.2 Å². The number of aliphatic hydroxyl groups is 2. The molecule has 0 aromatic heterocycles. The molecule has 7 rings (SSSR count). The Balaban J connectivity index is 1.20. The minimum Gasteiger partial charge on any atom is -0.385 e. The Kier molecular flexibility index (Phi) is 16.6. The predicted molar refractivity (Wildman–Crippen MR) is 225 cm³/mol. The molecule has 5 aromatic rings. The summed E-state index contributed by atoms with van der Waals surface area (Å²) in [5.74, 6) is -0.407. The largest absolute Gasteiger partial charge is 0.385 e. The molecule has 0 radical (unpaired) electrons. The lowest BCUT2D eigenvalue weighted by molar-refractivity contribution is -0.357. The van der Waals surface area contributed by atoms with Gasteiger partial charge in [0, 0.05) is 6.92 Å². The van der Waals surface area contributed by atoms with E-state index in [-0.39, 0.29) is 39.6 Å². The topological polar surface area (TPSA) is 143 Å². The van der Waals surface area contributed by atoms with Crippen molar-refractivity contribution in [2.75, 3.05) is 13.2 Å². The van der Waals surface area contributed by atoms with Crippen molar-refractivity contribution in [3.63, 3.8) is 0 Å². The number of hydrogen-bond acceptors (Lipinski definition) is 11. The van der Waals surface area contributed by atoms with Gasteiger partial charge in [0.25, 0.3) is 0 Å². The maximum absolute atomic E-state index is 12.6. The van der Waals surface area contributed by atoms with Crippen molar-refractivity contribution in [3.8, 4) is 0 Å². The second-order valence-corrected chi connectivity index (χ2v) is 15.2. The summed E-state index contributed by atoms with van der Waals surface area (Å²) in [6.45, 7) is 2.46. The van der Waals surface area contributed by atoms with Crippen LogP contribution in [0.5, 0.6) is 0 Å². The Bertz CT molecular complexity index is 2000. The molecule has 322 valence electrons. The third-order valence-corrected chi connectivity index (χ3v) is 10.6. The number of rotatable bonds is 20. The lowest BCUT2D eigenvalue weighted by Crippen LogP contribution is -2.68. The molecule has 0 bridgehead atoms. The van der Waals surface area contributed by atoms with Gasteiger partial charge >= 0.3 is 0 Å². The Morgan fingerprint density at radius 1 is 0.508 bits per heavy atom. The minimum absolute atomic E-state index is 0.0300. The highest BCUT2D eigenvalue weighted by atomic mass is 16.7. The molecule has 2 aliphatic rings. The summed E-state index contributed by atoms with van der Waals surface area (Å²) in [5, 5.41) is 26.6. The molecule has 61 heavy (non-hydrogen) atoms. The van der Waals surface area contributed by atoms with Crippen LogP contribution in [-0.2, 0) is 75.7 Å². The van der Waals surface area contributed by atoms with Gasteiger partial charge in [0.2, 0.25) is 5.91 Å². The summed E-state index contributed by atoms with van der Waals surface area (Å²) in [7, 11) is 0. The van der Waals surface area contributed by atoms with Gasteiger partial charge in [-0.15, -0.1) is 0 Å². The van der Waals surface area contributed by atoms with Gasteiger partial charge in [-0.3, -0.25) is 4.79 Å². The monoisotopic (exact) mass is 833 g/mol. The highest BCUT2D eigenvalue weighted by Crippen LogP contribution is 2.34. The van der Waals surface area contributed by atoms with Crippen molar-refractivity contribution in [3.05, 3.63) is 179 Å². The predicted octanol–water partition coefficient (Wildman–Crippen LogP) is 5.87. The van der Waals surface area contributed by atoms with E-state index in [1.165, 1.54) is 6.92 Å². The van der Waals surface area contributed by atoms with Gasteiger partial charge < -0.3 is 53.4 Å². The van der Waals surface area contributed by atoms with Crippen LogP contribution in [-0.4, -0.2) is 90.7 Å². The molecule has 5 aromatic carbocycles. The van der Waals surface area contributed by atoms with Crippen molar-refractivity contribution in [2.24, 2.45) is 0 Å². The van der Waals surface area contributed by atoms with Gasteiger partial charge in [-0.1, -0.05) is 152 Å². The molecule has 2 heterocycles. The SMILES string of the molecule is CC(=O)N[C@H]1[C@H](OCc2ccccc2)[C@@H](O[C@H]2O[C@@H](COCc3ccccc3)[C@@H](OCc3ccccc3)[C@@H](OCc3ccccc3)[C@@H]2O)[C@H](COCc2ccccc2)O[C@@H]1O. The van der Waals surface area contributed by atoms with E-state index in [4.69, 9.17) is 37.9 Å². The van der Waals surface area contributed by atoms with Crippen LogP contribution in [0, 0.1) is 0 Å². The van der Waals surface area contributed by atoms with Crippen molar-refractivity contribution in [1.82, 2.24) is 5.32 Å². The molecule has 12 nitrogen and oxygen atoms in total. The average Bonchev–Trinajstić information content (AvgIpc) is 3.29. The Labute approximate surface area is 357 Å². The highest BCUT2D eigenvalue weighted by molar-refractivity contribution is 5.73. The smallest absolute Gasteiger partial charge is 0.217 e. The second-order valence-electron chi connectivity index (χ2n) is 15.2. The van der Waals surface area contributed by atoms with Crippen molar-refractivity contribution < 1.29 is 52.9 Å². The van der Waals surface area contributed by atoms with Crippen LogP contribution >= 0.6 is 0 Å². The number of carbonyl (C=O) groups excluding carboxylic acids is 1. The zero-order valence-electron chi connectivity index (χ0n) is 34.2. The number of hydrogen-bond donors (Lipinski definition) is 3. The summed E-state index contributed by atoms with van der Waals surface area (Å²) in [6.07, 6.45) is -9.79. The van der Waals surface area contributed by atoms with Crippen LogP contribution in [0.25, 0.3) is 0 Å². The molecule has 0 saturated carbocycles. The van der Waals surface area contributed by atoms with Gasteiger partial charge in [0.15, 0.2) is 12.6 Å². The molecule has 2 aliphatic heterocycles. The fourth-order valence-corrected chi connectivity index (χ4v) is 7.53. The van der Waals surface area contributed by atoms with Crippen LogP contribution < -0.4 is 5.32 Å². The Morgan fingerprint density at radius 3 is 1.31 bits per heavy atom. The van der Waals surface area contributed by atoms with Crippen molar-refractivity contribution in [1.29, 1.82) is 0 Å². The number of nitrogens with one attached hydrogen (secondary N) is 1. The average molecular weight is 834 g/mol. The highest BCUT2D eigenvalue weighted by Gasteiger charge is 2.53. The first-order valence-corrected chi connectivity index (χ1v) is 20.7. The van der Waals surface area contributed by atoms with Crippen molar-refractivity contribution >= 4 is 5.91 Å². The number of carbonyl (C=O) groups is 1. The van der Waals surface area contributed by atoms with Crippen LogP contribution in [0.1, 0.15) is 34.7 Å². The second kappa shape index (κ2) is 22.9. The molecule has 0 unspecified atom stereocenters. The normalized spacial score (nSPS) is 26.4. The number of benzene rings is 5. The molecule has 0 spiro atoms. The third kappa shape index (κ3) is 12.9. The lowest BCUT2D eigenvalue weighted by Gasteiger charge is -2.49. The van der Waals surface area contributed by atoms with E-state index in [2.05, 4.69) is 5.32 Å². The van der Waals surface area contributed by atoms with Crippen LogP contribution in [0.4, 0.5) is 0 Å². The van der Waals surface area contributed by atoms with Crippen LogP contribution in [0.2, 0.25) is 0 Å². The molecule has 0 aliphatic carbocycles. The molecule has 1 amide bonds. The first-order chi connectivity index (χ1) is 29.9. The maximum Gasteiger partial charge on any atom is 0.217 e. The minimum atomic E-state index is -1.48. The fraction of sp³-hybridized carbons (Fsp3) is 0.367. The van der Waals surface area contributed by atoms with E-state index in [1.54, 1.807) is 0 Å². The first-order valence-electron chi connectivity index (χ1n) is 20.7. The molecular formula is C49H55NO11. The first kappa shape index (κ1) is 44.2. The molecular weight excluding hydrogens is 779 g/mol. The van der Waals surface area contributed by atoms with Gasteiger partial charge in [-0.05, 0) is 27.8 Å². The third-order valence-electron chi connectivity index (χ3n) is 10.6. The molecule has 2 saturated heterocycles. The van der Waals surface area contributed by atoms with Crippen LogP contribution in [0.3, 0.4) is 0 Å². The van der Waals surface area contributed by atoms with E-state index < -0.39 is 67.3 Å². The molecule has 3 N–H and O–H groups in total. The summed E-state index contributed by atoms with van der Waals surface area (Å²) < 4.78 is 51.9. The van der Waals surface area contributed by atoms with E-state index in [9.17, 15) is 15.0 Å². The van der Waals surface area contributed by atoms with E-state index in [0.717, 1.165) is 27.8 Å². The maximum atomic E-state index is 12.6. The van der Waals surface area contributed by atoms with Crippen LogP contribution in [0.15, 0.2) is 152 Å². The summed E-state index contributed by atoms with van der Waals surface area (Å²) in [4.78, 5) is 12.6. The van der Waals surface area contributed by atoms with Crippen molar-refractivity contribution in [2.45, 2.75) is 101 Å². The van der Waals surface area contributed by atoms with E-state index in [0.29, 0.717) is 6.61 Å². The standard InChI is InChI=1S/C49H55NO11/c1-34(51)50-42-46(57-30-38-23-13-5-14-24-38)45(41(59-48(42)53)33-55-28-36-19-9-3-10-20-36)61-49-43(52)47(58-31-39-25-15-6-16-26-39)44(56-29-37-21-11-4-12-22-37)40(60-49)32-54-27-35-17-7-2-8-18-35/h2-26,40-49,52-53H,27-33H2,1H3,(H,50,51)/t40-,41-,42-,43-,44+,45-,46-,47-,48-,49+/m0/s1. The van der Waals surface area contributed by atoms with E-state index in [1.807, 2.05) is 152 Å². The van der Waals surface area contributed by atoms with E-state index >= 15 is 0 Å². The molecule has 2 fully saturated rings. The van der Waals surface area contributed by atoms with Gasteiger partial charge in [0.1, 0.15) is 48.8 Å². The summed E-state index contributed by atoms with van der Waals surface area (Å²) in [6, 6.07) is 47.3. The number of aliphatic hydroxyl groups excluding tert-OH is 2. The molecule has 12 heteroatoms. The summed E-state index contributed by atoms with van der Waals surface area (Å²) >= 11 is 0. The molecule has 10 atom stereocenters. The Morgan fingerprint density at radius 2 is 0.885 bits per heavy atom. The fourth-order valence-electron chi connectivity index (χ4n) is 7.53. The zero-order valence-corrected chi connectivity index (χ0v) is 34.2. The van der Waals surface area contributed by atoms with Gasteiger partial charge in [-0.2, -0.15) is 0 Å². The number of amides is 1. The Hall–Kier alpha value is -4.83. The lowest BCUT2D eigenvalue weighted by atomic mass is 9.94.